The van der Waals surface area contributed by atoms with Crippen LogP contribution < -0.4 is 14.5 Å². The Hall–Kier alpha value is -3.53. The summed E-state index contributed by atoms with van der Waals surface area (Å²) in [5.41, 5.74) is 6.13. The van der Waals surface area contributed by atoms with Gasteiger partial charge in [0, 0.05) is 5.92 Å². The van der Waals surface area contributed by atoms with E-state index in [0.29, 0.717) is 5.92 Å². The molecule has 0 N–H and O–H groups in total. The van der Waals surface area contributed by atoms with Gasteiger partial charge >= 0.3 is 0 Å². The summed E-state index contributed by atoms with van der Waals surface area (Å²) in [7, 11) is 3.41. The highest BCUT2D eigenvalue weighted by Gasteiger charge is 2.41. The molecule has 2 atom stereocenters. The lowest BCUT2D eigenvalue weighted by molar-refractivity contribution is 0.414. The zero-order chi connectivity index (χ0) is 21.9. The van der Waals surface area contributed by atoms with Gasteiger partial charge in [-0.25, -0.2) is 0 Å². The molecule has 0 radical (unpaired) electrons. The quantitative estimate of drug-likeness (QED) is 0.468. The molecule has 0 spiro atoms. The highest BCUT2D eigenvalue weighted by atomic mass is 16.5. The van der Waals surface area contributed by atoms with Gasteiger partial charge in [0.25, 0.3) is 0 Å². The Morgan fingerprint density at radius 1 is 0.844 bits per heavy atom. The van der Waals surface area contributed by atoms with Crippen molar-refractivity contribution in [3.05, 3.63) is 95.6 Å². The Labute approximate surface area is 189 Å². The maximum absolute atomic E-state index is 5.39. The number of para-hydroxylation sites is 1. The topological polar surface area (TPSA) is 34.1 Å². The van der Waals surface area contributed by atoms with E-state index in [-0.39, 0.29) is 6.04 Å². The first kappa shape index (κ1) is 20.4. The second-order valence-electron chi connectivity index (χ2n) is 8.32. The number of rotatable bonds is 5. The average molecular weight is 425 g/mol. The molecule has 3 aromatic rings. The molecule has 1 fully saturated rings. The Bertz CT molecular complexity index is 1120. The summed E-state index contributed by atoms with van der Waals surface area (Å²) >= 11 is 0. The van der Waals surface area contributed by atoms with Gasteiger partial charge in [-0.3, -0.25) is 5.01 Å². The summed E-state index contributed by atoms with van der Waals surface area (Å²) < 4.78 is 10.7. The van der Waals surface area contributed by atoms with Crippen molar-refractivity contribution in [2.75, 3.05) is 19.2 Å². The first-order valence-electron chi connectivity index (χ1n) is 11.2. The number of hydrazone groups is 1. The van der Waals surface area contributed by atoms with Crippen LogP contribution >= 0.6 is 0 Å². The number of methoxy groups -OCH3 is 2. The Balaban J connectivity index is 1.54. The summed E-state index contributed by atoms with van der Waals surface area (Å²) in [5, 5.41) is 7.44. The predicted octanol–water partition coefficient (Wildman–Crippen LogP) is 6.50. The van der Waals surface area contributed by atoms with Crippen molar-refractivity contribution in [1.82, 2.24) is 0 Å². The van der Waals surface area contributed by atoms with Crippen LogP contribution in [0.2, 0.25) is 0 Å². The standard InChI is InChI=1S/C28H28N2O2/c1-31-24-15-11-20(12-16-24)19-22-7-6-10-26-27(22)29-30(23-8-4-3-5-9-23)28(26)21-13-17-25(32-2)18-14-21/h3-5,8-9,11-19,26,28H,6-7,10H2,1-2H3/b22-19+/t26-,28-/m1/s1. The number of anilines is 1. The monoisotopic (exact) mass is 424 g/mol. The van der Waals surface area contributed by atoms with Crippen LogP contribution in [-0.2, 0) is 0 Å². The SMILES string of the molecule is COc1ccc(/C=C2\CCC[C@@H]3C2=NN(c2ccccc2)[C@@H]3c2ccc(OC)cc2)cc1. The number of benzene rings is 3. The molecule has 162 valence electrons. The van der Waals surface area contributed by atoms with Crippen LogP contribution in [0.25, 0.3) is 6.08 Å². The number of allylic oxidation sites excluding steroid dienone is 1. The van der Waals surface area contributed by atoms with Crippen LogP contribution in [-0.4, -0.2) is 19.9 Å². The third-order valence-corrected chi connectivity index (χ3v) is 6.44. The summed E-state index contributed by atoms with van der Waals surface area (Å²) in [5.74, 6) is 2.12. The van der Waals surface area contributed by atoms with Crippen LogP contribution in [0.15, 0.2) is 89.5 Å². The number of hydrogen-bond acceptors (Lipinski definition) is 4. The van der Waals surface area contributed by atoms with E-state index < -0.39 is 0 Å². The van der Waals surface area contributed by atoms with E-state index in [1.54, 1.807) is 14.2 Å². The van der Waals surface area contributed by atoms with Crippen molar-refractivity contribution < 1.29 is 9.47 Å². The molecule has 1 aliphatic carbocycles. The van der Waals surface area contributed by atoms with Gasteiger partial charge in [-0.2, -0.15) is 5.10 Å². The summed E-state index contributed by atoms with van der Waals surface area (Å²) in [6, 6.07) is 27.4. The molecule has 3 aromatic carbocycles. The smallest absolute Gasteiger partial charge is 0.118 e. The Kier molecular flexibility index (Phi) is 5.68. The fraction of sp³-hybridized carbons (Fsp3) is 0.250. The second-order valence-corrected chi connectivity index (χ2v) is 8.32. The van der Waals surface area contributed by atoms with Gasteiger partial charge in [0.05, 0.1) is 31.7 Å². The van der Waals surface area contributed by atoms with Gasteiger partial charge < -0.3 is 9.47 Å². The highest BCUT2D eigenvalue weighted by molar-refractivity contribution is 6.08. The van der Waals surface area contributed by atoms with E-state index in [1.807, 2.05) is 24.3 Å². The Morgan fingerprint density at radius 3 is 2.16 bits per heavy atom. The first-order valence-corrected chi connectivity index (χ1v) is 11.2. The average Bonchev–Trinajstić information content (AvgIpc) is 3.26. The minimum absolute atomic E-state index is 0.179. The minimum atomic E-state index is 0.179. The highest BCUT2D eigenvalue weighted by Crippen LogP contribution is 2.46. The van der Waals surface area contributed by atoms with Crippen LogP contribution in [0.4, 0.5) is 5.69 Å². The molecule has 1 heterocycles. The lowest BCUT2D eigenvalue weighted by Gasteiger charge is -2.30. The van der Waals surface area contributed by atoms with Gasteiger partial charge in [0.2, 0.25) is 0 Å². The van der Waals surface area contributed by atoms with Crippen molar-refractivity contribution in [2.24, 2.45) is 11.0 Å². The molecule has 0 bridgehead atoms. The zero-order valence-corrected chi connectivity index (χ0v) is 18.6. The van der Waals surface area contributed by atoms with Crippen molar-refractivity contribution in [3.8, 4) is 11.5 Å². The number of fused-ring (bicyclic) bond motifs is 1. The van der Waals surface area contributed by atoms with Crippen LogP contribution in [0.1, 0.15) is 36.4 Å². The van der Waals surface area contributed by atoms with Crippen LogP contribution in [0.3, 0.4) is 0 Å². The Morgan fingerprint density at radius 2 is 1.50 bits per heavy atom. The molecule has 1 saturated carbocycles. The molecule has 0 saturated heterocycles. The number of ether oxygens (including phenoxy) is 2. The largest absolute Gasteiger partial charge is 0.497 e. The van der Waals surface area contributed by atoms with E-state index in [2.05, 4.69) is 65.7 Å². The molecule has 1 aliphatic heterocycles. The first-order chi connectivity index (χ1) is 15.8. The van der Waals surface area contributed by atoms with Crippen molar-refractivity contribution in [2.45, 2.75) is 25.3 Å². The minimum Gasteiger partial charge on any atom is -0.497 e. The lowest BCUT2D eigenvalue weighted by Crippen LogP contribution is -2.28. The molecule has 0 unspecified atom stereocenters. The summed E-state index contributed by atoms with van der Waals surface area (Å²) in [6.07, 6.45) is 5.66. The fourth-order valence-electron chi connectivity index (χ4n) is 4.83. The van der Waals surface area contributed by atoms with Gasteiger partial charge in [-0.05, 0) is 78.4 Å². The molecule has 32 heavy (non-hydrogen) atoms. The van der Waals surface area contributed by atoms with Gasteiger partial charge in [-0.15, -0.1) is 0 Å². The van der Waals surface area contributed by atoms with E-state index in [1.165, 1.54) is 28.8 Å². The van der Waals surface area contributed by atoms with Gasteiger partial charge in [-0.1, -0.05) is 42.5 Å². The zero-order valence-electron chi connectivity index (χ0n) is 18.6. The van der Waals surface area contributed by atoms with E-state index >= 15 is 0 Å². The molecule has 4 nitrogen and oxygen atoms in total. The molecule has 5 rings (SSSR count). The predicted molar refractivity (Wildman–Crippen MR) is 130 cm³/mol. The third-order valence-electron chi connectivity index (χ3n) is 6.44. The third kappa shape index (κ3) is 3.89. The molecular weight excluding hydrogens is 396 g/mol. The molecule has 4 heteroatoms. The van der Waals surface area contributed by atoms with Gasteiger partial charge in [0.15, 0.2) is 0 Å². The molecule has 0 amide bonds. The maximum Gasteiger partial charge on any atom is 0.118 e. The summed E-state index contributed by atoms with van der Waals surface area (Å²) in [6.45, 7) is 0. The van der Waals surface area contributed by atoms with Crippen molar-refractivity contribution >= 4 is 17.5 Å². The van der Waals surface area contributed by atoms with E-state index in [9.17, 15) is 0 Å². The van der Waals surface area contributed by atoms with Gasteiger partial charge in [0.1, 0.15) is 11.5 Å². The summed E-state index contributed by atoms with van der Waals surface area (Å²) in [4.78, 5) is 0. The molecule has 2 aliphatic rings. The van der Waals surface area contributed by atoms with E-state index in [0.717, 1.165) is 30.0 Å². The number of nitrogens with zero attached hydrogens (tertiary/aromatic N) is 2. The maximum atomic E-state index is 5.39. The fourth-order valence-corrected chi connectivity index (χ4v) is 4.83. The molecular formula is C28H28N2O2. The van der Waals surface area contributed by atoms with Crippen molar-refractivity contribution in [3.63, 3.8) is 0 Å². The van der Waals surface area contributed by atoms with E-state index in [4.69, 9.17) is 14.6 Å². The van der Waals surface area contributed by atoms with Crippen molar-refractivity contribution in [1.29, 1.82) is 0 Å². The van der Waals surface area contributed by atoms with Crippen LogP contribution in [0, 0.1) is 5.92 Å². The molecule has 0 aromatic heterocycles. The lowest BCUT2D eigenvalue weighted by atomic mass is 9.77. The second kappa shape index (κ2) is 8.91. The number of hydrogen-bond donors (Lipinski definition) is 0. The normalized spacial score (nSPS) is 21.2. The van der Waals surface area contributed by atoms with Crippen LogP contribution in [0.5, 0.6) is 11.5 Å².